The minimum absolute atomic E-state index is 0.0409. The summed E-state index contributed by atoms with van der Waals surface area (Å²) in [6.07, 6.45) is 0.780. The van der Waals surface area contributed by atoms with Crippen molar-refractivity contribution >= 4 is 5.97 Å². The van der Waals surface area contributed by atoms with Crippen LogP contribution in [0.5, 0.6) is 0 Å². The van der Waals surface area contributed by atoms with E-state index in [1.807, 2.05) is 20.8 Å². The van der Waals surface area contributed by atoms with Crippen LogP contribution in [-0.4, -0.2) is 23.3 Å². The molecule has 0 aliphatic rings. The van der Waals surface area contributed by atoms with E-state index in [0.717, 1.165) is 0 Å². The van der Waals surface area contributed by atoms with Gasteiger partial charge in [0.2, 0.25) is 0 Å². The van der Waals surface area contributed by atoms with Crippen LogP contribution in [0.4, 0.5) is 0 Å². The molecule has 0 atom stereocenters. The summed E-state index contributed by atoms with van der Waals surface area (Å²) in [6.45, 7) is 5.51. The van der Waals surface area contributed by atoms with E-state index in [9.17, 15) is 4.79 Å². The molecule has 0 aromatic rings. The van der Waals surface area contributed by atoms with Gasteiger partial charge >= 0.3 is 5.97 Å². The number of hydrogen-bond acceptors (Lipinski definition) is 3. The average molecular weight is 160 g/mol. The van der Waals surface area contributed by atoms with Crippen molar-refractivity contribution < 1.29 is 14.6 Å². The zero-order valence-corrected chi connectivity index (χ0v) is 7.39. The monoisotopic (exact) mass is 160 g/mol. The van der Waals surface area contributed by atoms with E-state index in [1.165, 1.54) is 0 Å². The molecule has 11 heavy (non-hydrogen) atoms. The fourth-order valence-corrected chi connectivity index (χ4v) is 0.616. The highest BCUT2D eigenvalue weighted by molar-refractivity contribution is 5.69. The second-order valence-electron chi connectivity index (χ2n) is 3.41. The van der Waals surface area contributed by atoms with Crippen LogP contribution < -0.4 is 0 Å². The van der Waals surface area contributed by atoms with Gasteiger partial charge in [0.25, 0.3) is 0 Å². The highest BCUT2D eigenvalue weighted by Gasteiger charge is 2.15. The van der Waals surface area contributed by atoms with Crippen molar-refractivity contribution in [1.29, 1.82) is 0 Å². The quantitative estimate of drug-likeness (QED) is 0.629. The maximum Gasteiger partial charge on any atom is 0.306 e. The second kappa shape index (κ2) is 4.34. The van der Waals surface area contributed by atoms with Crippen LogP contribution in [0.1, 0.15) is 33.6 Å². The Balaban J connectivity index is 3.53. The Labute approximate surface area is 67.4 Å². The normalized spacial score (nSPS) is 11.3. The molecule has 0 heterocycles. The number of aliphatic hydroxyl groups is 1. The molecule has 0 aromatic heterocycles. The summed E-state index contributed by atoms with van der Waals surface area (Å²) >= 11 is 0. The summed E-state index contributed by atoms with van der Waals surface area (Å²) in [7, 11) is 0. The Morgan fingerprint density at radius 3 is 2.36 bits per heavy atom. The molecular formula is C8H16O3. The van der Waals surface area contributed by atoms with Crippen LogP contribution in [0.3, 0.4) is 0 Å². The summed E-state index contributed by atoms with van der Waals surface area (Å²) in [4.78, 5) is 10.9. The van der Waals surface area contributed by atoms with Gasteiger partial charge in [-0.15, -0.1) is 0 Å². The van der Waals surface area contributed by atoms with Crippen LogP contribution in [-0.2, 0) is 9.53 Å². The van der Waals surface area contributed by atoms with Gasteiger partial charge in [0.1, 0.15) is 5.60 Å². The Bertz CT molecular complexity index is 124. The van der Waals surface area contributed by atoms with Crippen molar-refractivity contribution in [3.8, 4) is 0 Å². The van der Waals surface area contributed by atoms with Crippen molar-refractivity contribution in [3.05, 3.63) is 0 Å². The lowest BCUT2D eigenvalue weighted by atomic mass is 10.2. The molecular weight excluding hydrogens is 144 g/mol. The van der Waals surface area contributed by atoms with Gasteiger partial charge in [0.15, 0.2) is 0 Å². The van der Waals surface area contributed by atoms with Gasteiger partial charge in [0, 0.05) is 13.0 Å². The third kappa shape index (κ3) is 7.33. The second-order valence-corrected chi connectivity index (χ2v) is 3.41. The fourth-order valence-electron chi connectivity index (χ4n) is 0.616. The Morgan fingerprint density at radius 1 is 1.45 bits per heavy atom. The van der Waals surface area contributed by atoms with E-state index in [0.29, 0.717) is 12.8 Å². The molecule has 0 fully saturated rings. The summed E-state index contributed by atoms with van der Waals surface area (Å²) in [5.74, 6) is -0.244. The van der Waals surface area contributed by atoms with E-state index in [-0.39, 0.29) is 12.6 Å². The zero-order chi connectivity index (χ0) is 8.91. The highest BCUT2D eigenvalue weighted by Crippen LogP contribution is 2.08. The largest absolute Gasteiger partial charge is 0.460 e. The van der Waals surface area contributed by atoms with E-state index < -0.39 is 5.60 Å². The molecule has 66 valence electrons. The molecule has 0 spiro atoms. The first kappa shape index (κ1) is 10.4. The van der Waals surface area contributed by atoms with Crippen molar-refractivity contribution in [3.63, 3.8) is 0 Å². The molecule has 0 radical (unpaired) electrons. The molecule has 0 aromatic carbocycles. The smallest absolute Gasteiger partial charge is 0.306 e. The maximum atomic E-state index is 10.9. The van der Waals surface area contributed by atoms with Gasteiger partial charge in [-0.25, -0.2) is 0 Å². The van der Waals surface area contributed by atoms with Crippen molar-refractivity contribution in [2.75, 3.05) is 6.61 Å². The third-order valence-corrected chi connectivity index (χ3v) is 0.959. The number of aliphatic hydroxyl groups excluding tert-OH is 1. The minimum atomic E-state index is -0.410. The predicted molar refractivity (Wildman–Crippen MR) is 42.2 cm³/mol. The number of carbonyl (C=O) groups is 1. The first-order valence-corrected chi connectivity index (χ1v) is 3.78. The highest BCUT2D eigenvalue weighted by atomic mass is 16.6. The Kier molecular flexibility index (Phi) is 4.11. The molecule has 0 amide bonds. The van der Waals surface area contributed by atoms with Gasteiger partial charge in [-0.2, -0.15) is 0 Å². The van der Waals surface area contributed by atoms with Gasteiger partial charge in [-0.05, 0) is 27.2 Å². The van der Waals surface area contributed by atoms with E-state index in [2.05, 4.69) is 0 Å². The van der Waals surface area contributed by atoms with Gasteiger partial charge in [-0.1, -0.05) is 0 Å². The molecule has 0 aliphatic heterocycles. The van der Waals surface area contributed by atoms with Crippen LogP contribution in [0.15, 0.2) is 0 Å². The Morgan fingerprint density at radius 2 is 2.00 bits per heavy atom. The summed E-state index contributed by atoms with van der Waals surface area (Å²) in [5, 5.41) is 8.41. The van der Waals surface area contributed by atoms with Crippen LogP contribution in [0, 0.1) is 0 Å². The number of rotatable bonds is 3. The predicted octanol–water partition coefficient (Wildman–Crippen LogP) is 1.10. The number of carbonyl (C=O) groups excluding carboxylic acids is 1. The van der Waals surface area contributed by atoms with E-state index in [4.69, 9.17) is 9.84 Å². The Hall–Kier alpha value is -0.570. The molecule has 0 bridgehead atoms. The number of ether oxygens (including phenoxy) is 1. The van der Waals surface area contributed by atoms with Gasteiger partial charge in [0.05, 0.1) is 0 Å². The lowest BCUT2D eigenvalue weighted by molar-refractivity contribution is -0.155. The van der Waals surface area contributed by atoms with Crippen LogP contribution in [0.2, 0.25) is 0 Å². The topological polar surface area (TPSA) is 46.5 Å². The first-order valence-electron chi connectivity index (χ1n) is 3.78. The van der Waals surface area contributed by atoms with Gasteiger partial charge < -0.3 is 9.84 Å². The van der Waals surface area contributed by atoms with Crippen molar-refractivity contribution in [2.45, 2.75) is 39.2 Å². The third-order valence-electron chi connectivity index (χ3n) is 0.959. The van der Waals surface area contributed by atoms with E-state index in [1.54, 1.807) is 0 Å². The van der Waals surface area contributed by atoms with E-state index >= 15 is 0 Å². The molecule has 0 saturated carbocycles. The molecule has 0 unspecified atom stereocenters. The minimum Gasteiger partial charge on any atom is -0.460 e. The lowest BCUT2D eigenvalue weighted by Crippen LogP contribution is -2.23. The summed E-state index contributed by atoms with van der Waals surface area (Å²) in [5.41, 5.74) is -0.410. The average Bonchev–Trinajstić information content (AvgIpc) is 1.79. The van der Waals surface area contributed by atoms with Crippen LogP contribution >= 0.6 is 0 Å². The lowest BCUT2D eigenvalue weighted by Gasteiger charge is -2.19. The number of hydrogen-bond donors (Lipinski definition) is 1. The molecule has 3 heteroatoms. The first-order chi connectivity index (χ1) is 4.95. The standard InChI is InChI=1S/C8H16O3/c1-8(2,3)11-7(10)5-4-6-9/h9H,4-6H2,1-3H3. The van der Waals surface area contributed by atoms with Gasteiger partial charge in [-0.3, -0.25) is 4.79 Å². The maximum absolute atomic E-state index is 10.9. The zero-order valence-electron chi connectivity index (χ0n) is 7.39. The fraction of sp³-hybridized carbons (Fsp3) is 0.875. The van der Waals surface area contributed by atoms with Crippen LogP contribution in [0.25, 0.3) is 0 Å². The molecule has 0 aliphatic carbocycles. The van der Waals surface area contributed by atoms with Crippen molar-refractivity contribution in [2.24, 2.45) is 0 Å². The number of esters is 1. The molecule has 1 N–H and O–H groups in total. The molecule has 0 saturated heterocycles. The molecule has 3 nitrogen and oxygen atoms in total. The summed E-state index contributed by atoms with van der Waals surface area (Å²) < 4.78 is 4.99. The molecule has 0 rings (SSSR count). The van der Waals surface area contributed by atoms with Crippen molar-refractivity contribution in [1.82, 2.24) is 0 Å². The SMILES string of the molecule is CC(C)(C)OC(=O)CCCO. The summed E-state index contributed by atoms with van der Waals surface area (Å²) in [6, 6.07) is 0.